The third-order valence-electron chi connectivity index (χ3n) is 3.15. The average molecular weight is 212 g/mol. The summed E-state index contributed by atoms with van der Waals surface area (Å²) in [6.45, 7) is 5.61. The molecule has 0 unspecified atom stereocenters. The first-order valence-electron chi connectivity index (χ1n) is 5.95. The maximum atomic E-state index is 12.1. The van der Waals surface area contributed by atoms with Crippen LogP contribution in [0.1, 0.15) is 26.2 Å². The van der Waals surface area contributed by atoms with E-state index in [1.807, 2.05) is 4.90 Å². The second-order valence-electron chi connectivity index (χ2n) is 4.35. The lowest BCUT2D eigenvalue weighted by Gasteiger charge is -2.39. The van der Waals surface area contributed by atoms with Gasteiger partial charge in [-0.2, -0.15) is 0 Å². The summed E-state index contributed by atoms with van der Waals surface area (Å²) < 4.78 is 5.45. The molecule has 0 aliphatic carbocycles. The smallest absolute Gasteiger partial charge is 0.252 e. The number of ether oxygens (including phenoxy) is 1. The van der Waals surface area contributed by atoms with Gasteiger partial charge < -0.3 is 15.0 Å². The van der Waals surface area contributed by atoms with E-state index in [0.29, 0.717) is 6.04 Å². The largest absolute Gasteiger partial charge is 0.368 e. The second-order valence-corrected chi connectivity index (χ2v) is 4.35. The zero-order chi connectivity index (χ0) is 10.7. The average Bonchev–Trinajstić information content (AvgIpc) is 2.66. The van der Waals surface area contributed by atoms with Crippen molar-refractivity contribution in [2.24, 2.45) is 0 Å². The summed E-state index contributed by atoms with van der Waals surface area (Å²) in [5.41, 5.74) is 0. The molecule has 2 aliphatic heterocycles. The van der Waals surface area contributed by atoms with Crippen molar-refractivity contribution >= 4 is 5.91 Å². The van der Waals surface area contributed by atoms with Gasteiger partial charge in [-0.3, -0.25) is 4.79 Å². The van der Waals surface area contributed by atoms with Crippen LogP contribution in [0, 0.1) is 0 Å². The highest BCUT2D eigenvalue weighted by Gasteiger charge is 2.34. The summed E-state index contributed by atoms with van der Waals surface area (Å²) in [5, 5.41) is 3.21. The Morgan fingerprint density at radius 3 is 2.80 bits per heavy atom. The molecule has 0 bridgehead atoms. The van der Waals surface area contributed by atoms with Crippen LogP contribution in [-0.4, -0.2) is 49.2 Å². The van der Waals surface area contributed by atoms with Gasteiger partial charge in [-0.1, -0.05) is 6.92 Å². The van der Waals surface area contributed by atoms with E-state index in [9.17, 15) is 4.79 Å². The lowest BCUT2D eigenvalue weighted by molar-refractivity contribution is -0.144. The van der Waals surface area contributed by atoms with Gasteiger partial charge in [0.1, 0.15) is 6.10 Å². The Morgan fingerprint density at radius 1 is 1.53 bits per heavy atom. The Kier molecular flexibility index (Phi) is 3.59. The minimum Gasteiger partial charge on any atom is -0.368 e. The van der Waals surface area contributed by atoms with E-state index in [1.165, 1.54) is 0 Å². The summed E-state index contributed by atoms with van der Waals surface area (Å²) in [4.78, 5) is 14.1. The Balaban J connectivity index is 1.92. The van der Waals surface area contributed by atoms with Crippen molar-refractivity contribution in [2.45, 2.75) is 38.3 Å². The first kappa shape index (κ1) is 10.9. The number of carbonyl (C=O) groups excluding carboxylic acids is 1. The van der Waals surface area contributed by atoms with Crippen LogP contribution in [0.3, 0.4) is 0 Å². The molecule has 0 aromatic heterocycles. The number of carbonyl (C=O) groups is 1. The maximum Gasteiger partial charge on any atom is 0.252 e. The first-order chi connectivity index (χ1) is 7.33. The lowest BCUT2D eigenvalue weighted by atomic mass is 10.1. The molecule has 2 fully saturated rings. The predicted octanol–water partition coefficient (Wildman–Crippen LogP) is 0.376. The van der Waals surface area contributed by atoms with E-state index in [4.69, 9.17) is 4.74 Å². The van der Waals surface area contributed by atoms with E-state index in [0.717, 1.165) is 45.5 Å². The molecular formula is C11H20N2O2. The number of nitrogens with zero attached hydrogens (tertiary/aromatic N) is 1. The van der Waals surface area contributed by atoms with E-state index in [2.05, 4.69) is 12.2 Å². The number of rotatable bonds is 4. The van der Waals surface area contributed by atoms with Gasteiger partial charge in [0.2, 0.25) is 0 Å². The third-order valence-corrected chi connectivity index (χ3v) is 3.15. The van der Waals surface area contributed by atoms with Crippen LogP contribution in [0.15, 0.2) is 0 Å². The standard InChI is InChI=1S/C11H20N2O2/c1-2-5-13(9-7-12-8-9)11(14)10-4-3-6-15-10/h9-10,12H,2-8H2,1H3/t10-/m0/s1. The van der Waals surface area contributed by atoms with Crippen LogP contribution >= 0.6 is 0 Å². The van der Waals surface area contributed by atoms with Crippen LogP contribution in [0.4, 0.5) is 0 Å². The van der Waals surface area contributed by atoms with Crippen molar-refractivity contribution in [3.05, 3.63) is 0 Å². The van der Waals surface area contributed by atoms with Crippen molar-refractivity contribution in [2.75, 3.05) is 26.2 Å². The molecule has 4 heteroatoms. The predicted molar refractivity (Wildman–Crippen MR) is 57.6 cm³/mol. The minimum atomic E-state index is -0.155. The molecule has 15 heavy (non-hydrogen) atoms. The third kappa shape index (κ3) is 2.32. The Labute approximate surface area is 91.0 Å². The van der Waals surface area contributed by atoms with Crippen molar-refractivity contribution in [3.63, 3.8) is 0 Å². The molecule has 0 aromatic carbocycles. The van der Waals surface area contributed by atoms with E-state index < -0.39 is 0 Å². The summed E-state index contributed by atoms with van der Waals surface area (Å²) in [6.07, 6.45) is 2.80. The van der Waals surface area contributed by atoms with E-state index in [-0.39, 0.29) is 12.0 Å². The maximum absolute atomic E-state index is 12.1. The molecule has 86 valence electrons. The van der Waals surface area contributed by atoms with Gasteiger partial charge in [0.05, 0.1) is 6.04 Å². The van der Waals surface area contributed by atoms with Crippen molar-refractivity contribution in [1.82, 2.24) is 10.2 Å². The molecule has 4 nitrogen and oxygen atoms in total. The molecule has 0 saturated carbocycles. The summed E-state index contributed by atoms with van der Waals surface area (Å²) in [7, 11) is 0. The quantitative estimate of drug-likeness (QED) is 0.732. The van der Waals surface area contributed by atoms with Gasteiger partial charge >= 0.3 is 0 Å². The lowest BCUT2D eigenvalue weighted by Crippen LogP contribution is -2.60. The number of hydrogen-bond donors (Lipinski definition) is 1. The molecule has 1 amide bonds. The molecular weight excluding hydrogens is 192 g/mol. The highest BCUT2D eigenvalue weighted by Crippen LogP contribution is 2.17. The summed E-state index contributed by atoms with van der Waals surface area (Å²) in [5.74, 6) is 0.209. The first-order valence-corrected chi connectivity index (χ1v) is 5.95. The normalized spacial score (nSPS) is 26.3. The zero-order valence-corrected chi connectivity index (χ0v) is 9.37. The molecule has 0 radical (unpaired) electrons. The molecule has 0 aromatic rings. The van der Waals surface area contributed by atoms with Gasteiger partial charge in [-0.05, 0) is 19.3 Å². The number of nitrogens with one attached hydrogen (secondary N) is 1. The summed E-state index contributed by atoms with van der Waals surface area (Å²) in [6, 6.07) is 0.404. The van der Waals surface area contributed by atoms with Crippen molar-refractivity contribution in [3.8, 4) is 0 Å². The molecule has 1 atom stereocenters. The van der Waals surface area contributed by atoms with Gasteiger partial charge in [0.25, 0.3) is 5.91 Å². The fourth-order valence-electron chi connectivity index (χ4n) is 2.16. The monoisotopic (exact) mass is 212 g/mol. The highest BCUT2D eigenvalue weighted by atomic mass is 16.5. The van der Waals surface area contributed by atoms with Crippen LogP contribution in [0.5, 0.6) is 0 Å². The Morgan fingerprint density at radius 2 is 2.33 bits per heavy atom. The van der Waals surface area contributed by atoms with Crippen LogP contribution < -0.4 is 5.32 Å². The molecule has 2 heterocycles. The molecule has 2 aliphatic rings. The zero-order valence-electron chi connectivity index (χ0n) is 9.37. The van der Waals surface area contributed by atoms with Gasteiger partial charge in [-0.25, -0.2) is 0 Å². The van der Waals surface area contributed by atoms with E-state index >= 15 is 0 Å². The van der Waals surface area contributed by atoms with Gasteiger partial charge in [-0.15, -0.1) is 0 Å². The van der Waals surface area contributed by atoms with Crippen molar-refractivity contribution in [1.29, 1.82) is 0 Å². The SMILES string of the molecule is CCCN(C(=O)[C@@H]1CCCO1)C1CNC1. The minimum absolute atomic E-state index is 0.155. The van der Waals surface area contributed by atoms with Gasteiger partial charge in [0.15, 0.2) is 0 Å². The molecule has 0 spiro atoms. The number of amides is 1. The number of hydrogen-bond acceptors (Lipinski definition) is 3. The van der Waals surface area contributed by atoms with Gasteiger partial charge in [0, 0.05) is 26.2 Å². The van der Waals surface area contributed by atoms with Crippen LogP contribution in [-0.2, 0) is 9.53 Å². The molecule has 1 N–H and O–H groups in total. The van der Waals surface area contributed by atoms with Crippen molar-refractivity contribution < 1.29 is 9.53 Å². The van der Waals surface area contributed by atoms with Crippen LogP contribution in [0.25, 0.3) is 0 Å². The van der Waals surface area contributed by atoms with E-state index in [1.54, 1.807) is 0 Å². The topological polar surface area (TPSA) is 41.6 Å². The highest BCUT2D eigenvalue weighted by molar-refractivity contribution is 5.81. The molecule has 2 rings (SSSR count). The summed E-state index contributed by atoms with van der Waals surface area (Å²) >= 11 is 0. The Bertz CT molecular complexity index is 223. The van der Waals surface area contributed by atoms with Crippen LogP contribution in [0.2, 0.25) is 0 Å². The fraction of sp³-hybridized carbons (Fsp3) is 0.909. The second kappa shape index (κ2) is 4.94. The fourth-order valence-corrected chi connectivity index (χ4v) is 2.16. The molecule has 2 saturated heterocycles. The Hall–Kier alpha value is -0.610.